The van der Waals surface area contributed by atoms with Gasteiger partial charge in [0.2, 0.25) is 0 Å². The molecule has 0 radical (unpaired) electrons. The maximum Gasteiger partial charge on any atom is 0.356 e. The minimum absolute atomic E-state index is 0.0913. The highest BCUT2D eigenvalue weighted by Crippen LogP contribution is 2.53. The summed E-state index contributed by atoms with van der Waals surface area (Å²) in [5.41, 5.74) is 3.13. The molecule has 3 aromatic rings. The first-order chi connectivity index (χ1) is 16.0. The van der Waals surface area contributed by atoms with Crippen molar-refractivity contribution in [2.24, 2.45) is 7.05 Å². The Labute approximate surface area is 194 Å². The molecule has 0 spiro atoms. The lowest BCUT2D eigenvalue weighted by Gasteiger charge is -2.37. The second kappa shape index (κ2) is 8.59. The van der Waals surface area contributed by atoms with E-state index in [9.17, 15) is 9.59 Å². The second-order valence-electron chi connectivity index (χ2n) is 7.53. The Kier molecular flexibility index (Phi) is 5.47. The Morgan fingerprint density at radius 3 is 2.58 bits per heavy atom. The zero-order valence-corrected chi connectivity index (χ0v) is 18.8. The van der Waals surface area contributed by atoms with Crippen LogP contribution in [0.3, 0.4) is 0 Å². The number of benzene rings is 2. The van der Waals surface area contributed by atoms with Gasteiger partial charge < -0.3 is 9.47 Å². The third-order valence-corrected chi connectivity index (χ3v) is 6.69. The van der Waals surface area contributed by atoms with E-state index >= 15 is 0 Å². The third-order valence-electron chi connectivity index (χ3n) is 5.33. The van der Waals surface area contributed by atoms with Gasteiger partial charge in [0.25, 0.3) is 5.91 Å². The van der Waals surface area contributed by atoms with Crippen LogP contribution < -0.4 is 4.74 Å². The van der Waals surface area contributed by atoms with Crippen molar-refractivity contribution in [1.29, 1.82) is 0 Å². The van der Waals surface area contributed by atoms with Gasteiger partial charge in [-0.05, 0) is 29.3 Å². The van der Waals surface area contributed by atoms with Crippen LogP contribution in [0.25, 0.3) is 11.0 Å². The number of β-lactam (4-membered cyclic amide) rings is 1. The molecule has 2 aliphatic rings. The van der Waals surface area contributed by atoms with Gasteiger partial charge in [-0.2, -0.15) is 0 Å². The zero-order chi connectivity index (χ0) is 22.9. The lowest BCUT2D eigenvalue weighted by Crippen LogP contribution is -2.51. The number of hydrogen-bond donors (Lipinski definition) is 0. The van der Waals surface area contributed by atoms with Crippen molar-refractivity contribution in [2.75, 3.05) is 7.11 Å². The van der Waals surface area contributed by atoms with Crippen LogP contribution in [0.1, 0.15) is 16.8 Å². The first-order valence-corrected chi connectivity index (χ1v) is 11.1. The number of rotatable bonds is 6. The first-order valence-electron chi connectivity index (χ1n) is 10.2. The maximum absolute atomic E-state index is 13.2. The number of ether oxygens (including phenoxy) is 2. The molecule has 2 aromatic carbocycles. The fraction of sp³-hybridized carbons (Fsp3) is 0.167. The predicted octanol–water partition coefficient (Wildman–Crippen LogP) is 3.23. The van der Waals surface area contributed by atoms with Gasteiger partial charge in [0.05, 0.1) is 18.9 Å². The summed E-state index contributed by atoms with van der Waals surface area (Å²) in [5.74, 6) is -0.0464. The highest BCUT2D eigenvalue weighted by Gasteiger charge is 2.53. The van der Waals surface area contributed by atoms with Crippen LogP contribution in [0.15, 0.2) is 72.1 Å². The number of carbonyl (C=O) groups excluding carboxylic acids is 2. The molecule has 8 nitrogen and oxygen atoms in total. The minimum Gasteiger partial charge on any atom is -0.497 e. The summed E-state index contributed by atoms with van der Waals surface area (Å²) in [6.07, 6.45) is 3.45. The number of aryl methyl sites for hydroxylation is 1. The lowest BCUT2D eigenvalue weighted by molar-refractivity contribution is -0.146. The van der Waals surface area contributed by atoms with Gasteiger partial charge in [0.1, 0.15) is 29.1 Å². The molecule has 5 rings (SSSR count). The Morgan fingerprint density at radius 1 is 1.15 bits per heavy atom. The Morgan fingerprint density at radius 2 is 1.91 bits per heavy atom. The molecule has 1 aromatic heterocycles. The van der Waals surface area contributed by atoms with E-state index in [0.29, 0.717) is 11.3 Å². The maximum atomic E-state index is 13.2. The standard InChI is InChI=1S/C24H20N4O4S/c1-27-13-17(25-26-27)12-19-22(29)28-20(21(33-23(19)28)16-6-4-3-5-7-16)24(30)32-14-15-8-10-18(31-2)11-9-15/h3-13,23H,14H2,1-2H3/t23-/m1/s1. The average Bonchev–Trinajstić information content (AvgIpc) is 3.43. The molecular formula is C24H20N4O4S. The molecule has 166 valence electrons. The largest absolute Gasteiger partial charge is 0.497 e. The molecule has 0 unspecified atom stereocenters. The Bertz CT molecular complexity index is 1280. The summed E-state index contributed by atoms with van der Waals surface area (Å²) in [5, 5.41) is 7.63. The van der Waals surface area contributed by atoms with Crippen LogP contribution in [0, 0.1) is 0 Å². The van der Waals surface area contributed by atoms with Gasteiger partial charge in [0, 0.05) is 12.0 Å². The van der Waals surface area contributed by atoms with Crippen molar-refractivity contribution in [3.8, 4) is 5.75 Å². The van der Waals surface area contributed by atoms with Crippen LogP contribution in [-0.2, 0) is 28.0 Å². The molecule has 3 heterocycles. The second-order valence-corrected chi connectivity index (χ2v) is 8.62. The number of nitrogens with zero attached hydrogens (tertiary/aromatic N) is 4. The minimum atomic E-state index is -0.536. The summed E-state index contributed by atoms with van der Waals surface area (Å²) >= 11 is 1.46. The molecule has 0 aliphatic carbocycles. The molecular weight excluding hydrogens is 440 g/mol. The molecule has 1 fully saturated rings. The smallest absolute Gasteiger partial charge is 0.356 e. The molecule has 0 N–H and O–H groups in total. The normalized spacial score (nSPS) is 18.4. The number of esters is 1. The topological polar surface area (TPSA) is 86.5 Å². The summed E-state index contributed by atoms with van der Waals surface area (Å²) in [4.78, 5) is 28.4. The zero-order valence-electron chi connectivity index (χ0n) is 18.0. The van der Waals surface area contributed by atoms with Crippen molar-refractivity contribution in [3.63, 3.8) is 0 Å². The number of methoxy groups -OCH3 is 1. The number of fused-ring (bicyclic) bond motifs is 1. The number of hydrogen-bond acceptors (Lipinski definition) is 7. The molecule has 0 saturated carbocycles. The van der Waals surface area contributed by atoms with Gasteiger partial charge in [-0.25, -0.2) is 4.79 Å². The van der Waals surface area contributed by atoms with Gasteiger partial charge in [-0.1, -0.05) is 59.4 Å². The van der Waals surface area contributed by atoms with E-state index in [2.05, 4.69) is 10.3 Å². The first kappa shape index (κ1) is 21.0. The Balaban J connectivity index is 1.42. The van der Waals surface area contributed by atoms with E-state index in [1.54, 1.807) is 31.1 Å². The molecule has 1 saturated heterocycles. The van der Waals surface area contributed by atoms with Crippen molar-refractivity contribution in [2.45, 2.75) is 12.0 Å². The van der Waals surface area contributed by atoms with Gasteiger partial charge in [-0.15, -0.1) is 5.10 Å². The molecule has 1 amide bonds. The molecule has 33 heavy (non-hydrogen) atoms. The summed E-state index contributed by atoms with van der Waals surface area (Å²) in [6.45, 7) is 0.0913. The number of aromatic nitrogens is 3. The predicted molar refractivity (Wildman–Crippen MR) is 123 cm³/mol. The van der Waals surface area contributed by atoms with E-state index in [1.807, 2.05) is 54.6 Å². The molecule has 0 bridgehead atoms. The molecule has 1 atom stereocenters. The highest BCUT2D eigenvalue weighted by atomic mass is 32.2. The molecule has 2 aliphatic heterocycles. The Hall–Kier alpha value is -3.85. The van der Waals surface area contributed by atoms with E-state index in [4.69, 9.17) is 9.47 Å². The number of amides is 1. The lowest BCUT2D eigenvalue weighted by atomic mass is 10.0. The summed E-state index contributed by atoms with van der Waals surface area (Å²) < 4.78 is 12.3. The van der Waals surface area contributed by atoms with E-state index in [0.717, 1.165) is 21.8 Å². The number of carbonyl (C=O) groups is 2. The average molecular weight is 461 g/mol. The summed E-state index contributed by atoms with van der Waals surface area (Å²) in [6, 6.07) is 16.8. The van der Waals surface area contributed by atoms with Crippen LogP contribution in [-0.4, -0.2) is 44.3 Å². The SMILES string of the molecule is COc1ccc(COC(=O)C2=C(c3ccccc3)S[C@@H]3C(=Cc4cn(C)nn4)C(=O)N23)cc1. The van der Waals surface area contributed by atoms with Crippen LogP contribution in [0.5, 0.6) is 5.75 Å². The van der Waals surface area contributed by atoms with Crippen molar-refractivity contribution < 1.29 is 19.1 Å². The summed E-state index contributed by atoms with van der Waals surface area (Å²) in [7, 11) is 3.36. The van der Waals surface area contributed by atoms with Crippen molar-refractivity contribution in [1.82, 2.24) is 19.9 Å². The van der Waals surface area contributed by atoms with Gasteiger partial charge >= 0.3 is 5.97 Å². The van der Waals surface area contributed by atoms with E-state index < -0.39 is 5.97 Å². The quantitative estimate of drug-likeness (QED) is 0.317. The van der Waals surface area contributed by atoms with Crippen LogP contribution in [0.4, 0.5) is 0 Å². The van der Waals surface area contributed by atoms with Gasteiger partial charge in [0.15, 0.2) is 0 Å². The van der Waals surface area contributed by atoms with Crippen molar-refractivity contribution in [3.05, 3.63) is 88.9 Å². The monoisotopic (exact) mass is 460 g/mol. The van der Waals surface area contributed by atoms with Crippen LogP contribution >= 0.6 is 11.8 Å². The van der Waals surface area contributed by atoms with Gasteiger partial charge in [-0.3, -0.25) is 14.4 Å². The third kappa shape index (κ3) is 3.91. The molecule has 9 heteroatoms. The van der Waals surface area contributed by atoms with E-state index in [1.165, 1.54) is 16.7 Å². The van der Waals surface area contributed by atoms with Crippen LogP contribution in [0.2, 0.25) is 0 Å². The number of thioether (sulfide) groups is 1. The fourth-order valence-corrected chi connectivity index (χ4v) is 5.08. The highest BCUT2D eigenvalue weighted by molar-refractivity contribution is 8.09. The van der Waals surface area contributed by atoms with Crippen molar-refractivity contribution >= 4 is 34.6 Å². The fourth-order valence-electron chi connectivity index (χ4n) is 3.68. The van der Waals surface area contributed by atoms with E-state index in [-0.39, 0.29) is 23.6 Å².